The molecule has 0 aromatic heterocycles. The molecule has 1 N–H and O–H groups in total. The number of nitrogens with one attached hydrogen (secondary N) is 1. The first-order valence-electron chi connectivity index (χ1n) is 9.81. The molecule has 3 rings (SSSR count). The number of urea groups is 1. The molecule has 8 heteroatoms. The topological polar surface area (TPSA) is 44.8 Å². The van der Waals surface area contributed by atoms with E-state index in [2.05, 4.69) is 27.1 Å². The molecule has 0 radical (unpaired) electrons. The van der Waals surface area contributed by atoms with Gasteiger partial charge in [0.15, 0.2) is 0 Å². The van der Waals surface area contributed by atoms with Crippen molar-refractivity contribution in [2.45, 2.75) is 44.8 Å². The summed E-state index contributed by atoms with van der Waals surface area (Å²) in [6.07, 6.45) is -0.441. The minimum Gasteiger partial charge on any atom is -0.320 e. The summed E-state index contributed by atoms with van der Waals surface area (Å²) in [5.41, 5.74) is 1.74. The Kier molecular flexibility index (Phi) is 6.97. The molecule has 158 valence electrons. The third kappa shape index (κ3) is 6.33. The average molecular weight is 409 g/mol. The van der Waals surface area contributed by atoms with Crippen LogP contribution in [0.1, 0.15) is 25.3 Å². The molecule has 1 aromatic rings. The Labute approximate surface area is 168 Å². The maximum absolute atomic E-state index is 12.7. The number of allylic oxidation sites excluding steroid dienone is 1. The lowest BCUT2D eigenvalue weighted by Crippen LogP contribution is -2.46. The van der Waals surface area contributed by atoms with Crippen molar-refractivity contribution in [3.63, 3.8) is 0 Å². The summed E-state index contributed by atoms with van der Waals surface area (Å²) in [7, 11) is 0. The normalized spacial score (nSPS) is 22.4. The number of amides is 2. The summed E-state index contributed by atoms with van der Waals surface area (Å²) in [6, 6.07) is 10.1. The SMILES string of the molecule is CCN(C(=O)NC1=CCC(OC(F)(F)F)C=C1)C1CCN(Cc2ccccc2)C1. The second kappa shape index (κ2) is 9.45. The van der Waals surface area contributed by atoms with Crippen LogP contribution in [0.2, 0.25) is 0 Å². The van der Waals surface area contributed by atoms with Gasteiger partial charge in [-0.15, -0.1) is 13.2 Å². The second-order valence-corrected chi connectivity index (χ2v) is 7.24. The highest BCUT2D eigenvalue weighted by molar-refractivity contribution is 5.77. The van der Waals surface area contributed by atoms with E-state index in [4.69, 9.17) is 0 Å². The van der Waals surface area contributed by atoms with Gasteiger partial charge in [0, 0.05) is 37.9 Å². The van der Waals surface area contributed by atoms with Crippen molar-refractivity contribution in [3.05, 3.63) is 59.8 Å². The van der Waals surface area contributed by atoms with E-state index in [0.717, 1.165) is 26.1 Å². The third-order valence-corrected chi connectivity index (χ3v) is 5.14. The average Bonchev–Trinajstić information content (AvgIpc) is 3.11. The molecule has 0 saturated carbocycles. The zero-order chi connectivity index (χ0) is 20.9. The minimum atomic E-state index is -4.67. The summed E-state index contributed by atoms with van der Waals surface area (Å²) in [5, 5.41) is 2.80. The van der Waals surface area contributed by atoms with E-state index in [1.807, 2.05) is 25.1 Å². The summed E-state index contributed by atoms with van der Waals surface area (Å²) in [5.74, 6) is 0. The van der Waals surface area contributed by atoms with Gasteiger partial charge in [-0.3, -0.25) is 9.64 Å². The van der Waals surface area contributed by atoms with Crippen molar-refractivity contribution in [2.75, 3.05) is 19.6 Å². The van der Waals surface area contributed by atoms with E-state index in [0.29, 0.717) is 12.2 Å². The van der Waals surface area contributed by atoms with E-state index in [9.17, 15) is 18.0 Å². The predicted octanol–water partition coefficient (Wildman–Crippen LogP) is 4.04. The van der Waals surface area contributed by atoms with Crippen molar-refractivity contribution in [1.29, 1.82) is 0 Å². The van der Waals surface area contributed by atoms with Crippen LogP contribution in [0.5, 0.6) is 0 Å². The number of benzene rings is 1. The Hall–Kier alpha value is -2.32. The molecule has 0 bridgehead atoms. The first-order valence-corrected chi connectivity index (χ1v) is 9.81. The summed E-state index contributed by atoms with van der Waals surface area (Å²) < 4.78 is 40.8. The molecule has 29 heavy (non-hydrogen) atoms. The number of hydrogen-bond donors (Lipinski definition) is 1. The van der Waals surface area contributed by atoms with E-state index < -0.39 is 12.5 Å². The predicted molar refractivity (Wildman–Crippen MR) is 104 cm³/mol. The van der Waals surface area contributed by atoms with Crippen molar-refractivity contribution in [1.82, 2.24) is 15.1 Å². The number of halogens is 3. The lowest BCUT2D eigenvalue weighted by molar-refractivity contribution is -0.336. The number of carbonyl (C=O) groups is 1. The zero-order valence-corrected chi connectivity index (χ0v) is 16.4. The molecule has 2 amide bonds. The standard InChI is InChI=1S/C21H26F3N3O2/c1-2-27(18-12-13-26(15-18)14-16-6-4-3-5-7-16)20(28)25-17-8-10-19(11-9-17)29-21(22,23)24/h3-10,18-19H,2,11-15H2,1H3,(H,25,28). The Morgan fingerprint density at radius 1 is 1.31 bits per heavy atom. The molecule has 0 spiro atoms. The van der Waals surface area contributed by atoms with Crippen molar-refractivity contribution >= 4 is 6.03 Å². The number of carbonyl (C=O) groups excluding carboxylic acids is 1. The number of ether oxygens (including phenoxy) is 1. The van der Waals surface area contributed by atoms with Crippen LogP contribution in [0.4, 0.5) is 18.0 Å². The van der Waals surface area contributed by atoms with Crippen LogP contribution in [0, 0.1) is 0 Å². The molecule has 2 aliphatic rings. The van der Waals surface area contributed by atoms with Gasteiger partial charge in [-0.1, -0.05) is 42.5 Å². The molecular formula is C21H26F3N3O2. The molecule has 1 saturated heterocycles. The van der Waals surface area contributed by atoms with Gasteiger partial charge in [0.05, 0.1) is 6.10 Å². The second-order valence-electron chi connectivity index (χ2n) is 7.24. The molecule has 1 heterocycles. The first-order chi connectivity index (χ1) is 13.8. The number of likely N-dealkylation sites (N-methyl/N-ethyl adjacent to an activating group) is 1. The van der Waals surface area contributed by atoms with Crippen molar-refractivity contribution < 1.29 is 22.7 Å². The van der Waals surface area contributed by atoms with Crippen molar-refractivity contribution in [3.8, 4) is 0 Å². The quantitative estimate of drug-likeness (QED) is 0.771. The molecule has 1 aliphatic heterocycles. The van der Waals surface area contributed by atoms with Crippen LogP contribution in [0.15, 0.2) is 54.3 Å². The zero-order valence-electron chi connectivity index (χ0n) is 16.4. The van der Waals surface area contributed by atoms with Gasteiger partial charge < -0.3 is 10.2 Å². The molecular weight excluding hydrogens is 383 g/mol. The van der Waals surface area contributed by atoms with E-state index >= 15 is 0 Å². The summed E-state index contributed by atoms with van der Waals surface area (Å²) in [4.78, 5) is 16.8. The van der Waals surface area contributed by atoms with Crippen LogP contribution in [0.3, 0.4) is 0 Å². The summed E-state index contributed by atoms with van der Waals surface area (Å²) in [6.45, 7) is 5.06. The van der Waals surface area contributed by atoms with Gasteiger partial charge in [-0.2, -0.15) is 0 Å². The van der Waals surface area contributed by atoms with Crippen molar-refractivity contribution in [2.24, 2.45) is 0 Å². The fraction of sp³-hybridized carbons (Fsp3) is 0.476. The van der Waals surface area contributed by atoms with Gasteiger partial charge in [0.25, 0.3) is 0 Å². The fourth-order valence-electron chi connectivity index (χ4n) is 3.77. The van der Waals surface area contributed by atoms with Gasteiger partial charge in [0.2, 0.25) is 0 Å². The Balaban J connectivity index is 1.50. The lowest BCUT2D eigenvalue weighted by Gasteiger charge is -2.29. The maximum Gasteiger partial charge on any atom is 0.523 e. The monoisotopic (exact) mass is 409 g/mol. The van der Waals surface area contributed by atoms with Gasteiger partial charge in [0.1, 0.15) is 0 Å². The van der Waals surface area contributed by atoms with Gasteiger partial charge in [-0.25, -0.2) is 4.79 Å². The molecule has 1 aliphatic carbocycles. The fourth-order valence-corrected chi connectivity index (χ4v) is 3.77. The highest BCUT2D eigenvalue weighted by Crippen LogP contribution is 2.24. The molecule has 5 nitrogen and oxygen atoms in total. The molecule has 1 aromatic carbocycles. The third-order valence-electron chi connectivity index (χ3n) is 5.14. The minimum absolute atomic E-state index is 0.0615. The Bertz CT molecular complexity index is 749. The largest absolute Gasteiger partial charge is 0.523 e. The number of nitrogens with zero attached hydrogens (tertiary/aromatic N) is 2. The van der Waals surface area contributed by atoms with Crippen LogP contribution in [-0.2, 0) is 11.3 Å². The van der Waals surface area contributed by atoms with E-state index in [-0.39, 0.29) is 18.5 Å². The number of hydrogen-bond acceptors (Lipinski definition) is 3. The highest BCUT2D eigenvalue weighted by atomic mass is 19.4. The Morgan fingerprint density at radius 2 is 2.07 bits per heavy atom. The lowest BCUT2D eigenvalue weighted by atomic mass is 10.1. The first kappa shape index (κ1) is 21.4. The number of alkyl halides is 3. The molecule has 2 unspecified atom stereocenters. The smallest absolute Gasteiger partial charge is 0.320 e. The van der Waals surface area contributed by atoms with Gasteiger partial charge in [-0.05, 0) is 31.4 Å². The van der Waals surface area contributed by atoms with Crippen LogP contribution >= 0.6 is 0 Å². The number of likely N-dealkylation sites (tertiary alicyclic amines) is 1. The highest BCUT2D eigenvalue weighted by Gasteiger charge is 2.33. The van der Waals surface area contributed by atoms with Crippen LogP contribution in [0.25, 0.3) is 0 Å². The Morgan fingerprint density at radius 3 is 2.69 bits per heavy atom. The van der Waals surface area contributed by atoms with Crippen LogP contribution in [-0.4, -0.2) is 54.0 Å². The van der Waals surface area contributed by atoms with Crippen LogP contribution < -0.4 is 5.32 Å². The van der Waals surface area contributed by atoms with Gasteiger partial charge >= 0.3 is 12.4 Å². The van der Waals surface area contributed by atoms with E-state index in [1.54, 1.807) is 11.0 Å². The molecule has 2 atom stereocenters. The number of rotatable bonds is 6. The molecule has 1 fully saturated rings. The van der Waals surface area contributed by atoms with E-state index in [1.165, 1.54) is 17.7 Å². The maximum atomic E-state index is 12.7. The summed E-state index contributed by atoms with van der Waals surface area (Å²) >= 11 is 0.